The molecule has 0 aliphatic rings. The van der Waals surface area contributed by atoms with Crippen LogP contribution in [0.1, 0.15) is 32.9 Å². The minimum Gasteiger partial charge on any atom is -0.356 e. The lowest BCUT2D eigenvalue weighted by atomic mass is 10.0. The fourth-order valence-corrected chi connectivity index (χ4v) is 2.10. The second-order valence-corrected chi connectivity index (χ2v) is 5.19. The van der Waals surface area contributed by atoms with Crippen molar-refractivity contribution in [3.8, 4) is 0 Å². The Bertz CT molecular complexity index is 631. The molecule has 0 aliphatic carbocycles. The lowest BCUT2D eigenvalue weighted by Crippen LogP contribution is -2.04. The maximum absolute atomic E-state index is 13.4. The molecule has 0 amide bonds. The van der Waals surface area contributed by atoms with Crippen molar-refractivity contribution in [3.63, 3.8) is 0 Å². The molecule has 0 bridgehead atoms. The van der Waals surface area contributed by atoms with Gasteiger partial charge in [0.1, 0.15) is 5.82 Å². The Kier molecular flexibility index (Phi) is 3.39. The number of carbonyl (C=O) groups is 1. The summed E-state index contributed by atoms with van der Waals surface area (Å²) in [6, 6.07) is 4.40. The van der Waals surface area contributed by atoms with Gasteiger partial charge in [0.15, 0.2) is 0 Å². The van der Waals surface area contributed by atoms with Gasteiger partial charge in [-0.3, -0.25) is 4.79 Å². The van der Waals surface area contributed by atoms with Crippen molar-refractivity contribution >= 4 is 21.7 Å². The van der Waals surface area contributed by atoms with Gasteiger partial charge in [0.25, 0.3) is 0 Å². The van der Waals surface area contributed by atoms with Crippen LogP contribution in [0.3, 0.4) is 0 Å². The summed E-state index contributed by atoms with van der Waals surface area (Å²) in [6.45, 7) is 5.77. The van der Waals surface area contributed by atoms with Crippen LogP contribution in [0.4, 0.5) is 4.39 Å². The molecule has 1 heterocycles. The molecule has 4 heteroatoms. The van der Waals surface area contributed by atoms with E-state index in [1.54, 1.807) is 12.1 Å². The number of carbonyl (C=O) groups excluding carboxylic acids is 1. The molecule has 0 saturated carbocycles. The fourth-order valence-electron chi connectivity index (χ4n) is 1.85. The van der Waals surface area contributed by atoms with E-state index in [1.807, 2.05) is 20.8 Å². The van der Waals surface area contributed by atoms with Crippen LogP contribution in [0.25, 0.3) is 0 Å². The Labute approximate surface area is 113 Å². The van der Waals surface area contributed by atoms with Crippen LogP contribution in [-0.4, -0.2) is 10.8 Å². The van der Waals surface area contributed by atoms with Gasteiger partial charge in [-0.1, -0.05) is 0 Å². The third-order valence-electron chi connectivity index (χ3n) is 3.22. The highest BCUT2D eigenvalue weighted by molar-refractivity contribution is 9.10. The van der Waals surface area contributed by atoms with Gasteiger partial charge in [0.05, 0.1) is 10.2 Å². The van der Waals surface area contributed by atoms with Crippen molar-refractivity contribution in [1.82, 2.24) is 4.98 Å². The van der Waals surface area contributed by atoms with E-state index >= 15 is 0 Å². The zero-order chi connectivity index (χ0) is 13.4. The Morgan fingerprint density at radius 1 is 1.22 bits per heavy atom. The van der Waals surface area contributed by atoms with Gasteiger partial charge in [-0.15, -0.1) is 0 Å². The number of hydrogen-bond acceptors (Lipinski definition) is 1. The summed E-state index contributed by atoms with van der Waals surface area (Å²) < 4.78 is 13.8. The summed E-state index contributed by atoms with van der Waals surface area (Å²) >= 11 is 3.07. The van der Waals surface area contributed by atoms with Crippen LogP contribution in [0.5, 0.6) is 0 Å². The van der Waals surface area contributed by atoms with Gasteiger partial charge in [-0.25, -0.2) is 4.39 Å². The highest BCUT2D eigenvalue weighted by Crippen LogP contribution is 2.22. The molecular weight excluding hydrogens is 297 g/mol. The van der Waals surface area contributed by atoms with Crippen molar-refractivity contribution in [2.45, 2.75) is 20.8 Å². The first kappa shape index (κ1) is 13.0. The largest absolute Gasteiger partial charge is 0.356 e. The Morgan fingerprint density at radius 2 is 1.89 bits per heavy atom. The fraction of sp³-hybridized carbons (Fsp3) is 0.214. The molecule has 94 valence electrons. The quantitative estimate of drug-likeness (QED) is 0.833. The second kappa shape index (κ2) is 4.69. The van der Waals surface area contributed by atoms with E-state index in [0.29, 0.717) is 15.7 Å². The summed E-state index contributed by atoms with van der Waals surface area (Å²) in [7, 11) is 0. The lowest BCUT2D eigenvalue weighted by molar-refractivity contribution is 0.103. The molecule has 0 aliphatic heterocycles. The van der Waals surface area contributed by atoms with E-state index in [1.165, 1.54) is 6.07 Å². The normalized spacial score (nSPS) is 10.7. The summed E-state index contributed by atoms with van der Waals surface area (Å²) in [5, 5.41) is 0. The minimum atomic E-state index is -0.432. The second-order valence-electron chi connectivity index (χ2n) is 4.33. The number of aryl methyl sites for hydroxylation is 1. The molecule has 2 aromatic rings. The average Bonchev–Trinajstić information content (AvgIpc) is 2.60. The topological polar surface area (TPSA) is 32.9 Å². The number of H-pyrrole nitrogens is 1. The van der Waals surface area contributed by atoms with Crippen LogP contribution < -0.4 is 0 Å². The van der Waals surface area contributed by atoms with E-state index in [-0.39, 0.29) is 5.78 Å². The van der Waals surface area contributed by atoms with Crippen molar-refractivity contribution in [1.29, 1.82) is 0 Å². The molecule has 2 rings (SSSR count). The van der Waals surface area contributed by atoms with Gasteiger partial charge in [0, 0.05) is 11.3 Å². The van der Waals surface area contributed by atoms with Gasteiger partial charge >= 0.3 is 0 Å². The van der Waals surface area contributed by atoms with Crippen LogP contribution in [0.2, 0.25) is 0 Å². The molecule has 0 saturated heterocycles. The number of benzene rings is 1. The first-order valence-electron chi connectivity index (χ1n) is 5.57. The SMILES string of the molecule is Cc1[nH]c(C(=O)c2ccc(Br)c(F)c2)c(C)c1C. The zero-order valence-corrected chi connectivity index (χ0v) is 12.0. The molecular formula is C14H13BrFNO. The van der Waals surface area contributed by atoms with Crippen LogP contribution in [0.15, 0.2) is 22.7 Å². The Morgan fingerprint density at radius 3 is 2.39 bits per heavy atom. The van der Waals surface area contributed by atoms with Crippen LogP contribution >= 0.6 is 15.9 Å². The number of aromatic nitrogens is 1. The smallest absolute Gasteiger partial charge is 0.209 e. The van der Waals surface area contributed by atoms with Crippen LogP contribution in [-0.2, 0) is 0 Å². The molecule has 0 unspecified atom stereocenters. The predicted octanol–water partition coefficient (Wildman–Crippen LogP) is 4.07. The lowest BCUT2D eigenvalue weighted by Gasteiger charge is -2.02. The Hall–Kier alpha value is -1.42. The average molecular weight is 310 g/mol. The minimum absolute atomic E-state index is 0.185. The summed E-state index contributed by atoms with van der Waals surface area (Å²) in [5.41, 5.74) is 3.83. The molecule has 0 radical (unpaired) electrons. The summed E-state index contributed by atoms with van der Waals surface area (Å²) in [5.74, 6) is -0.617. The van der Waals surface area contributed by atoms with E-state index in [2.05, 4.69) is 20.9 Å². The molecule has 2 nitrogen and oxygen atoms in total. The first-order valence-corrected chi connectivity index (χ1v) is 6.36. The van der Waals surface area contributed by atoms with Gasteiger partial charge in [-0.2, -0.15) is 0 Å². The number of nitrogens with one attached hydrogen (secondary N) is 1. The number of aromatic amines is 1. The van der Waals surface area contributed by atoms with Crippen molar-refractivity contribution < 1.29 is 9.18 Å². The van der Waals surface area contributed by atoms with E-state index < -0.39 is 5.82 Å². The Balaban J connectivity index is 2.48. The summed E-state index contributed by atoms with van der Waals surface area (Å²) in [4.78, 5) is 15.3. The molecule has 0 spiro atoms. The molecule has 1 aromatic heterocycles. The highest BCUT2D eigenvalue weighted by Gasteiger charge is 2.17. The van der Waals surface area contributed by atoms with Crippen molar-refractivity contribution in [3.05, 3.63) is 56.6 Å². The molecule has 1 aromatic carbocycles. The molecule has 1 N–H and O–H groups in total. The van der Waals surface area contributed by atoms with Crippen molar-refractivity contribution in [2.24, 2.45) is 0 Å². The van der Waals surface area contributed by atoms with Crippen molar-refractivity contribution in [2.75, 3.05) is 0 Å². The standard InChI is InChI=1S/C14H13BrFNO/c1-7-8(2)13(17-9(7)3)14(18)10-4-5-11(15)12(16)6-10/h4-6,17H,1-3H3. The predicted molar refractivity (Wildman–Crippen MR) is 72.5 cm³/mol. The number of hydrogen-bond donors (Lipinski definition) is 1. The maximum atomic E-state index is 13.4. The number of ketones is 1. The van der Waals surface area contributed by atoms with E-state index in [9.17, 15) is 9.18 Å². The third-order valence-corrected chi connectivity index (χ3v) is 3.86. The van der Waals surface area contributed by atoms with Gasteiger partial charge < -0.3 is 4.98 Å². The highest BCUT2D eigenvalue weighted by atomic mass is 79.9. The summed E-state index contributed by atoms with van der Waals surface area (Å²) in [6.07, 6.45) is 0. The van der Waals surface area contributed by atoms with Gasteiger partial charge in [-0.05, 0) is 66.0 Å². The molecule has 18 heavy (non-hydrogen) atoms. The van der Waals surface area contributed by atoms with E-state index in [4.69, 9.17) is 0 Å². The maximum Gasteiger partial charge on any atom is 0.209 e. The zero-order valence-electron chi connectivity index (χ0n) is 10.4. The van der Waals surface area contributed by atoms with Gasteiger partial charge in [0.2, 0.25) is 5.78 Å². The molecule has 0 atom stereocenters. The van der Waals surface area contributed by atoms with E-state index in [0.717, 1.165) is 16.8 Å². The monoisotopic (exact) mass is 309 g/mol. The number of rotatable bonds is 2. The molecule has 0 fully saturated rings. The third kappa shape index (κ3) is 2.12. The first-order chi connectivity index (χ1) is 8.41. The van der Waals surface area contributed by atoms with Crippen LogP contribution in [0, 0.1) is 26.6 Å². The number of halogens is 2.